The Bertz CT molecular complexity index is 853. The van der Waals surface area contributed by atoms with Gasteiger partial charge >= 0.3 is 5.97 Å². The summed E-state index contributed by atoms with van der Waals surface area (Å²) in [6.07, 6.45) is 14.7. The molecule has 4 rings (SSSR count). The molecule has 3 heteroatoms. The fraction of sp³-hybridized carbons (Fsp3) is 0.833. The van der Waals surface area contributed by atoms with E-state index in [1.165, 1.54) is 25.7 Å². The standard InChI is InChI=1S/C30H48O3/c1-19(9-8-10-20(2)26(32)33)21-13-17-30(7)23-11-12-24-27(3,4)25(31)15-16-28(24,5)22(23)14-18-29(21,30)6/h10-11,19,21-22,24-25,31H,8-9,12-18H2,1-7H3,(H,32,33)/b20-10+. The number of hydrogen-bond acceptors (Lipinski definition) is 2. The zero-order valence-electron chi connectivity index (χ0n) is 22.2. The van der Waals surface area contributed by atoms with Crippen molar-refractivity contribution in [2.24, 2.45) is 45.3 Å². The van der Waals surface area contributed by atoms with Gasteiger partial charge in [-0.1, -0.05) is 59.3 Å². The highest BCUT2D eigenvalue weighted by atomic mass is 16.4. The lowest BCUT2D eigenvalue weighted by Crippen LogP contribution is -2.58. The number of fused-ring (bicyclic) bond motifs is 5. The van der Waals surface area contributed by atoms with Gasteiger partial charge in [-0.15, -0.1) is 0 Å². The Labute approximate surface area is 202 Å². The number of rotatable bonds is 5. The predicted octanol–water partition coefficient (Wildman–Crippen LogP) is 7.40. The smallest absolute Gasteiger partial charge is 0.330 e. The number of hydrogen-bond donors (Lipinski definition) is 2. The first-order valence-corrected chi connectivity index (χ1v) is 13.6. The maximum absolute atomic E-state index is 11.1. The molecule has 0 aromatic heterocycles. The highest BCUT2D eigenvalue weighted by Crippen LogP contribution is 2.73. The van der Waals surface area contributed by atoms with Crippen LogP contribution in [-0.4, -0.2) is 22.3 Å². The zero-order chi connectivity index (χ0) is 24.4. The summed E-state index contributed by atoms with van der Waals surface area (Å²) < 4.78 is 0. The van der Waals surface area contributed by atoms with Crippen LogP contribution in [-0.2, 0) is 4.79 Å². The summed E-state index contributed by atoms with van der Waals surface area (Å²) in [5.74, 6) is 1.75. The quantitative estimate of drug-likeness (QED) is 0.335. The van der Waals surface area contributed by atoms with Crippen LogP contribution in [0, 0.1) is 45.3 Å². The Morgan fingerprint density at radius 2 is 1.82 bits per heavy atom. The van der Waals surface area contributed by atoms with Crippen molar-refractivity contribution in [1.29, 1.82) is 0 Å². The molecule has 0 amide bonds. The molecule has 0 saturated heterocycles. The first-order chi connectivity index (χ1) is 15.3. The van der Waals surface area contributed by atoms with Gasteiger partial charge in [0.15, 0.2) is 0 Å². The summed E-state index contributed by atoms with van der Waals surface area (Å²) in [5, 5.41) is 20.0. The van der Waals surface area contributed by atoms with Gasteiger partial charge in [0.05, 0.1) is 6.10 Å². The Morgan fingerprint density at radius 1 is 1.12 bits per heavy atom. The van der Waals surface area contributed by atoms with E-state index in [1.54, 1.807) is 12.5 Å². The van der Waals surface area contributed by atoms with Gasteiger partial charge in [0.2, 0.25) is 0 Å². The van der Waals surface area contributed by atoms with Crippen molar-refractivity contribution >= 4 is 5.97 Å². The largest absolute Gasteiger partial charge is 0.478 e. The van der Waals surface area contributed by atoms with Gasteiger partial charge in [0, 0.05) is 5.57 Å². The van der Waals surface area contributed by atoms with Gasteiger partial charge in [0.1, 0.15) is 0 Å². The minimum atomic E-state index is -0.796. The monoisotopic (exact) mass is 456 g/mol. The molecule has 0 radical (unpaired) electrons. The van der Waals surface area contributed by atoms with Crippen LogP contribution in [0.5, 0.6) is 0 Å². The Balaban J connectivity index is 1.58. The molecule has 3 fully saturated rings. The van der Waals surface area contributed by atoms with Gasteiger partial charge in [0.25, 0.3) is 0 Å². The van der Waals surface area contributed by atoms with Crippen LogP contribution in [0.4, 0.5) is 0 Å². The number of carboxylic acids is 1. The van der Waals surface area contributed by atoms with Crippen molar-refractivity contribution in [1.82, 2.24) is 0 Å². The summed E-state index contributed by atoms with van der Waals surface area (Å²) >= 11 is 0. The number of carboxylic acid groups (broad SMARTS) is 1. The predicted molar refractivity (Wildman–Crippen MR) is 135 cm³/mol. The minimum Gasteiger partial charge on any atom is -0.478 e. The molecular formula is C30H48O3. The van der Waals surface area contributed by atoms with E-state index >= 15 is 0 Å². The van der Waals surface area contributed by atoms with E-state index < -0.39 is 5.97 Å². The molecule has 4 aliphatic carbocycles. The second kappa shape index (κ2) is 8.25. The fourth-order valence-corrected chi connectivity index (χ4v) is 9.50. The average Bonchev–Trinajstić information content (AvgIpc) is 3.02. The van der Waals surface area contributed by atoms with Gasteiger partial charge in [-0.05, 0) is 110 Å². The third-order valence-electron chi connectivity index (χ3n) is 12.0. The van der Waals surface area contributed by atoms with Crippen LogP contribution in [0.15, 0.2) is 23.3 Å². The van der Waals surface area contributed by atoms with Crippen LogP contribution >= 0.6 is 0 Å². The molecule has 33 heavy (non-hydrogen) atoms. The van der Waals surface area contributed by atoms with E-state index in [9.17, 15) is 9.90 Å². The molecule has 4 aliphatic rings. The Hall–Kier alpha value is -1.09. The topological polar surface area (TPSA) is 57.5 Å². The van der Waals surface area contributed by atoms with E-state index in [4.69, 9.17) is 5.11 Å². The number of aliphatic hydroxyl groups excluding tert-OH is 1. The number of aliphatic carboxylic acids is 1. The first kappa shape index (κ1) is 25.0. The summed E-state index contributed by atoms with van der Waals surface area (Å²) in [6.45, 7) is 16.5. The highest BCUT2D eigenvalue weighted by Gasteiger charge is 2.65. The molecule has 3 nitrogen and oxygen atoms in total. The summed E-state index contributed by atoms with van der Waals surface area (Å²) in [6, 6.07) is 0. The van der Waals surface area contributed by atoms with Gasteiger partial charge in [-0.2, -0.15) is 0 Å². The van der Waals surface area contributed by atoms with E-state index in [-0.39, 0.29) is 16.9 Å². The molecule has 8 atom stereocenters. The Morgan fingerprint density at radius 3 is 2.48 bits per heavy atom. The number of carbonyl (C=O) groups is 1. The lowest BCUT2D eigenvalue weighted by atomic mass is 9.41. The fourth-order valence-electron chi connectivity index (χ4n) is 9.50. The van der Waals surface area contributed by atoms with Gasteiger partial charge in [-0.3, -0.25) is 0 Å². The van der Waals surface area contributed by atoms with Crippen LogP contribution in [0.1, 0.15) is 106 Å². The highest BCUT2D eigenvalue weighted by molar-refractivity contribution is 5.85. The minimum absolute atomic E-state index is 0.00892. The summed E-state index contributed by atoms with van der Waals surface area (Å²) in [7, 11) is 0. The van der Waals surface area contributed by atoms with Crippen molar-refractivity contribution in [2.45, 2.75) is 112 Å². The molecule has 0 bridgehead atoms. The van der Waals surface area contributed by atoms with Gasteiger partial charge < -0.3 is 10.2 Å². The van der Waals surface area contributed by atoms with E-state index in [0.717, 1.165) is 32.1 Å². The maximum atomic E-state index is 11.1. The first-order valence-electron chi connectivity index (χ1n) is 13.6. The Kier molecular flexibility index (Phi) is 6.25. The average molecular weight is 457 g/mol. The normalized spacial score (nSPS) is 45.5. The van der Waals surface area contributed by atoms with E-state index in [0.29, 0.717) is 40.1 Å². The lowest BCUT2D eigenvalue weighted by Gasteiger charge is -2.64. The molecule has 0 aliphatic heterocycles. The molecule has 0 aromatic rings. The summed E-state index contributed by atoms with van der Waals surface area (Å²) in [4.78, 5) is 11.1. The third-order valence-corrected chi connectivity index (χ3v) is 12.0. The molecule has 0 heterocycles. The van der Waals surface area contributed by atoms with Crippen LogP contribution in [0.3, 0.4) is 0 Å². The van der Waals surface area contributed by atoms with Crippen molar-refractivity contribution in [2.75, 3.05) is 0 Å². The molecule has 3 saturated carbocycles. The van der Waals surface area contributed by atoms with Crippen LogP contribution < -0.4 is 0 Å². The second-order valence-electron chi connectivity index (χ2n) is 13.6. The maximum Gasteiger partial charge on any atom is 0.330 e. The van der Waals surface area contributed by atoms with Crippen molar-refractivity contribution in [3.63, 3.8) is 0 Å². The van der Waals surface area contributed by atoms with E-state index in [1.807, 2.05) is 6.08 Å². The SMILES string of the molecule is C/C(=C\CCC(C)C1CCC2(C)C3=CCC4C(C)(C)C(O)CCC4(C)C3CCC12C)C(=O)O. The number of allylic oxidation sites excluding steroid dienone is 3. The van der Waals surface area contributed by atoms with Crippen molar-refractivity contribution in [3.8, 4) is 0 Å². The molecule has 0 aromatic carbocycles. The van der Waals surface area contributed by atoms with Crippen LogP contribution in [0.2, 0.25) is 0 Å². The second-order valence-corrected chi connectivity index (χ2v) is 13.6. The van der Waals surface area contributed by atoms with Crippen molar-refractivity contribution in [3.05, 3.63) is 23.3 Å². The van der Waals surface area contributed by atoms with E-state index in [2.05, 4.69) is 47.6 Å². The molecule has 8 unspecified atom stereocenters. The molecule has 186 valence electrons. The number of aliphatic hydroxyl groups is 1. The van der Waals surface area contributed by atoms with Gasteiger partial charge in [-0.25, -0.2) is 4.79 Å². The zero-order valence-corrected chi connectivity index (χ0v) is 22.2. The van der Waals surface area contributed by atoms with Crippen LogP contribution in [0.25, 0.3) is 0 Å². The third kappa shape index (κ3) is 3.58. The summed E-state index contributed by atoms with van der Waals surface area (Å²) in [5.41, 5.74) is 3.13. The molecule has 2 N–H and O–H groups in total. The van der Waals surface area contributed by atoms with Crippen molar-refractivity contribution < 1.29 is 15.0 Å². The molecule has 0 spiro atoms. The molecular weight excluding hydrogens is 408 g/mol. The lowest BCUT2D eigenvalue weighted by molar-refractivity contribution is -0.132.